The number of carbonyl (C=O) groups excluding carboxylic acids is 1. The maximum atomic E-state index is 11.5. The van der Waals surface area contributed by atoms with Crippen LogP contribution >= 0.6 is 0 Å². The molecule has 5 nitrogen and oxygen atoms in total. The third kappa shape index (κ3) is 3.17. The second kappa shape index (κ2) is 5.12. The molecule has 1 aliphatic heterocycles. The number of ether oxygens (including phenoxy) is 1. The first kappa shape index (κ1) is 13.4. The molecule has 0 aliphatic carbocycles. The number of hydrogen-bond acceptors (Lipinski definition) is 4. The molecule has 0 aromatic heterocycles. The van der Waals surface area contributed by atoms with Gasteiger partial charge in [-0.25, -0.2) is 5.84 Å². The number of nitrogens with one attached hydrogen (secondary N) is 1. The van der Waals surface area contributed by atoms with Crippen molar-refractivity contribution in [1.82, 2.24) is 10.3 Å². The van der Waals surface area contributed by atoms with E-state index in [2.05, 4.69) is 31.1 Å². The summed E-state index contributed by atoms with van der Waals surface area (Å²) in [7, 11) is 0. The Hall–Kier alpha value is -0.650. The molecule has 2 unspecified atom stereocenters. The fourth-order valence-corrected chi connectivity index (χ4v) is 2.07. The van der Waals surface area contributed by atoms with Gasteiger partial charge in [-0.1, -0.05) is 6.92 Å². The zero-order valence-corrected chi connectivity index (χ0v) is 10.6. The van der Waals surface area contributed by atoms with Crippen molar-refractivity contribution in [3.05, 3.63) is 0 Å². The quantitative estimate of drug-likeness (QED) is 0.409. The summed E-state index contributed by atoms with van der Waals surface area (Å²) in [5.74, 6) is 4.92. The van der Waals surface area contributed by atoms with E-state index in [4.69, 9.17) is 10.6 Å². The molecule has 0 radical (unpaired) electrons. The van der Waals surface area contributed by atoms with Crippen molar-refractivity contribution in [2.75, 3.05) is 19.7 Å². The van der Waals surface area contributed by atoms with Crippen LogP contribution in [0.1, 0.15) is 27.7 Å². The van der Waals surface area contributed by atoms with Crippen molar-refractivity contribution in [2.24, 2.45) is 11.8 Å². The number of nitrogens with two attached hydrogens (primary N) is 1. The first-order valence-corrected chi connectivity index (χ1v) is 5.76. The molecule has 2 atom stereocenters. The van der Waals surface area contributed by atoms with Crippen molar-refractivity contribution >= 4 is 5.91 Å². The van der Waals surface area contributed by atoms with Crippen LogP contribution in [0, 0.1) is 5.92 Å². The van der Waals surface area contributed by atoms with Gasteiger partial charge in [0.2, 0.25) is 5.91 Å². The predicted molar refractivity (Wildman–Crippen MR) is 62.6 cm³/mol. The van der Waals surface area contributed by atoms with Gasteiger partial charge in [0.1, 0.15) is 0 Å². The first-order valence-electron chi connectivity index (χ1n) is 5.76. The van der Waals surface area contributed by atoms with Crippen molar-refractivity contribution < 1.29 is 9.53 Å². The molecule has 1 saturated heterocycles. The molecule has 5 heteroatoms. The minimum absolute atomic E-state index is 0.112. The van der Waals surface area contributed by atoms with Crippen LogP contribution in [0.3, 0.4) is 0 Å². The molecule has 0 saturated carbocycles. The van der Waals surface area contributed by atoms with Crippen molar-refractivity contribution in [3.8, 4) is 0 Å². The van der Waals surface area contributed by atoms with Crippen LogP contribution in [0.25, 0.3) is 0 Å². The Morgan fingerprint density at radius 2 is 2.12 bits per heavy atom. The lowest BCUT2D eigenvalue weighted by Crippen LogP contribution is -2.55. The van der Waals surface area contributed by atoms with Gasteiger partial charge in [-0.3, -0.25) is 15.1 Å². The van der Waals surface area contributed by atoms with Gasteiger partial charge in [-0.15, -0.1) is 0 Å². The lowest BCUT2D eigenvalue weighted by atomic mass is 9.98. The van der Waals surface area contributed by atoms with E-state index in [0.717, 1.165) is 13.1 Å². The second-order valence-corrected chi connectivity index (χ2v) is 5.12. The van der Waals surface area contributed by atoms with Gasteiger partial charge in [-0.05, 0) is 20.8 Å². The van der Waals surface area contributed by atoms with E-state index in [1.807, 2.05) is 6.92 Å². The van der Waals surface area contributed by atoms with Crippen molar-refractivity contribution in [1.29, 1.82) is 0 Å². The van der Waals surface area contributed by atoms with E-state index in [0.29, 0.717) is 6.61 Å². The largest absolute Gasteiger partial charge is 0.373 e. The standard InChI is InChI=1S/C11H23N3O2/c1-8(10(15)13-12)9(2)14-5-6-16-11(3,4)7-14/h8-9H,5-7,12H2,1-4H3,(H,13,15). The third-order valence-corrected chi connectivity index (χ3v) is 3.31. The summed E-state index contributed by atoms with van der Waals surface area (Å²) in [5.41, 5.74) is 2.08. The Bertz CT molecular complexity index is 256. The molecule has 1 rings (SSSR count). The summed E-state index contributed by atoms with van der Waals surface area (Å²) in [4.78, 5) is 13.7. The molecule has 3 N–H and O–H groups in total. The van der Waals surface area contributed by atoms with E-state index < -0.39 is 0 Å². The lowest BCUT2D eigenvalue weighted by molar-refractivity contribution is -0.131. The number of carbonyl (C=O) groups is 1. The Kier molecular flexibility index (Phi) is 4.29. The Labute approximate surface area is 97.3 Å². The molecule has 0 aromatic carbocycles. The highest BCUT2D eigenvalue weighted by molar-refractivity contribution is 5.78. The molecule has 16 heavy (non-hydrogen) atoms. The zero-order chi connectivity index (χ0) is 12.3. The Balaban J connectivity index is 2.59. The highest BCUT2D eigenvalue weighted by Crippen LogP contribution is 2.21. The average Bonchev–Trinajstić information content (AvgIpc) is 2.24. The van der Waals surface area contributed by atoms with Gasteiger partial charge in [0.15, 0.2) is 0 Å². The average molecular weight is 229 g/mol. The maximum absolute atomic E-state index is 11.5. The van der Waals surface area contributed by atoms with Gasteiger partial charge in [-0.2, -0.15) is 0 Å². The summed E-state index contributed by atoms with van der Waals surface area (Å²) in [5, 5.41) is 0. The number of amides is 1. The van der Waals surface area contributed by atoms with E-state index in [-0.39, 0.29) is 23.5 Å². The van der Waals surface area contributed by atoms with Crippen LogP contribution in [0.2, 0.25) is 0 Å². The highest BCUT2D eigenvalue weighted by atomic mass is 16.5. The first-order chi connectivity index (χ1) is 7.37. The number of nitrogens with zero attached hydrogens (tertiary/aromatic N) is 1. The normalized spacial score (nSPS) is 24.8. The van der Waals surface area contributed by atoms with Crippen LogP contribution in [0.5, 0.6) is 0 Å². The summed E-state index contributed by atoms with van der Waals surface area (Å²) in [6.07, 6.45) is 0. The van der Waals surface area contributed by atoms with E-state index in [1.165, 1.54) is 0 Å². The molecule has 1 amide bonds. The topological polar surface area (TPSA) is 67.6 Å². The number of rotatable bonds is 3. The van der Waals surface area contributed by atoms with Crippen molar-refractivity contribution in [2.45, 2.75) is 39.3 Å². The molecule has 0 spiro atoms. The monoisotopic (exact) mass is 229 g/mol. The fourth-order valence-electron chi connectivity index (χ4n) is 2.07. The summed E-state index contributed by atoms with van der Waals surface area (Å²) in [6, 6.07) is 0.173. The molecule has 1 heterocycles. The van der Waals surface area contributed by atoms with E-state index >= 15 is 0 Å². The Morgan fingerprint density at radius 1 is 1.50 bits per heavy atom. The summed E-state index contributed by atoms with van der Waals surface area (Å²) >= 11 is 0. The van der Waals surface area contributed by atoms with Crippen LogP contribution < -0.4 is 11.3 Å². The number of morpholine rings is 1. The molecule has 1 aliphatic rings. The molecular formula is C11H23N3O2. The van der Waals surface area contributed by atoms with Crippen LogP contribution in [0.4, 0.5) is 0 Å². The molecule has 1 fully saturated rings. The predicted octanol–water partition coefficient (Wildman–Crippen LogP) is 0.112. The second-order valence-electron chi connectivity index (χ2n) is 5.12. The van der Waals surface area contributed by atoms with Gasteiger partial charge in [0.05, 0.1) is 18.1 Å². The van der Waals surface area contributed by atoms with Crippen molar-refractivity contribution in [3.63, 3.8) is 0 Å². The van der Waals surface area contributed by atoms with Crippen LogP contribution in [0.15, 0.2) is 0 Å². The molecule has 0 aromatic rings. The smallest absolute Gasteiger partial charge is 0.238 e. The van der Waals surface area contributed by atoms with E-state index in [9.17, 15) is 4.79 Å². The highest BCUT2D eigenvalue weighted by Gasteiger charge is 2.33. The molecule has 0 bridgehead atoms. The molecular weight excluding hydrogens is 206 g/mol. The van der Waals surface area contributed by atoms with Gasteiger partial charge in [0.25, 0.3) is 0 Å². The fraction of sp³-hybridized carbons (Fsp3) is 0.909. The Morgan fingerprint density at radius 3 is 2.62 bits per heavy atom. The minimum Gasteiger partial charge on any atom is -0.373 e. The van der Waals surface area contributed by atoms with E-state index in [1.54, 1.807) is 0 Å². The number of hydrogen-bond donors (Lipinski definition) is 2. The minimum atomic E-state index is -0.134. The van der Waals surface area contributed by atoms with Gasteiger partial charge < -0.3 is 4.74 Å². The van der Waals surface area contributed by atoms with Gasteiger partial charge >= 0.3 is 0 Å². The van der Waals surface area contributed by atoms with Crippen LogP contribution in [-0.2, 0) is 9.53 Å². The maximum Gasteiger partial charge on any atom is 0.238 e. The van der Waals surface area contributed by atoms with Crippen LogP contribution in [-0.4, -0.2) is 42.1 Å². The summed E-state index contributed by atoms with van der Waals surface area (Å²) < 4.78 is 5.65. The third-order valence-electron chi connectivity index (χ3n) is 3.31. The molecule has 94 valence electrons. The zero-order valence-electron chi connectivity index (χ0n) is 10.6. The number of hydrazine groups is 1. The lowest BCUT2D eigenvalue weighted by Gasteiger charge is -2.42. The summed E-state index contributed by atoms with van der Waals surface area (Å²) in [6.45, 7) is 10.5. The van der Waals surface area contributed by atoms with Gasteiger partial charge in [0, 0.05) is 19.1 Å². The SMILES string of the molecule is CC(C(=O)NN)C(C)N1CCOC(C)(C)C1.